The summed E-state index contributed by atoms with van der Waals surface area (Å²) in [6.45, 7) is 5.60. The van der Waals surface area contributed by atoms with Gasteiger partial charge in [-0.3, -0.25) is 14.4 Å². The van der Waals surface area contributed by atoms with Crippen LogP contribution in [0.15, 0.2) is 23.3 Å². The summed E-state index contributed by atoms with van der Waals surface area (Å²) in [5, 5.41) is 2.86. The van der Waals surface area contributed by atoms with Gasteiger partial charge in [-0.25, -0.2) is 0 Å². The number of methoxy groups -OCH3 is 2. The fourth-order valence-corrected chi connectivity index (χ4v) is 4.51. The van der Waals surface area contributed by atoms with E-state index in [2.05, 4.69) is 16.4 Å². The van der Waals surface area contributed by atoms with E-state index in [-0.39, 0.29) is 36.8 Å². The Morgan fingerprint density at radius 3 is 1.90 bits per heavy atom. The van der Waals surface area contributed by atoms with Gasteiger partial charge in [-0.15, -0.1) is 0 Å². The molecule has 11 nitrogen and oxygen atoms in total. The first-order chi connectivity index (χ1) is 20.4. The number of H-pyrrole nitrogens is 1. The molecule has 2 heterocycles. The van der Waals surface area contributed by atoms with Crippen LogP contribution in [-0.4, -0.2) is 76.7 Å². The lowest BCUT2D eigenvalue weighted by Gasteiger charge is -2.10. The highest BCUT2D eigenvalue weighted by atomic mass is 16.6. The lowest BCUT2D eigenvalue weighted by Crippen LogP contribution is -2.18. The smallest absolute Gasteiger partial charge is 0.305 e. The molecule has 0 spiro atoms. The number of carbonyl (C=O) groups excluding carboxylic acids is 3. The van der Waals surface area contributed by atoms with E-state index in [0.29, 0.717) is 50.7 Å². The van der Waals surface area contributed by atoms with Crippen LogP contribution < -0.4 is 5.32 Å². The van der Waals surface area contributed by atoms with Crippen molar-refractivity contribution in [2.45, 2.75) is 78.1 Å². The van der Waals surface area contributed by atoms with Gasteiger partial charge in [-0.1, -0.05) is 12.8 Å². The van der Waals surface area contributed by atoms with Crippen LogP contribution in [0.1, 0.15) is 82.2 Å². The molecule has 1 aliphatic heterocycles. The first-order valence-electron chi connectivity index (χ1n) is 15.0. The van der Waals surface area contributed by atoms with Gasteiger partial charge in [0.25, 0.3) is 5.91 Å². The van der Waals surface area contributed by atoms with Gasteiger partial charge in [-0.2, -0.15) is 0 Å². The Kier molecular flexibility index (Phi) is 17.1. The minimum atomic E-state index is -0.375. The zero-order valence-electron chi connectivity index (χ0n) is 25.6. The Balaban J connectivity index is 2.15. The summed E-state index contributed by atoms with van der Waals surface area (Å²) in [5.41, 5.74) is 3.65. The zero-order valence-corrected chi connectivity index (χ0v) is 25.6. The van der Waals surface area contributed by atoms with E-state index >= 15 is 0 Å². The molecule has 0 aliphatic carbocycles. The van der Waals surface area contributed by atoms with Crippen LogP contribution in [0.3, 0.4) is 0 Å². The van der Waals surface area contributed by atoms with Crippen LogP contribution in [0, 0.1) is 0 Å². The first kappa shape index (κ1) is 34.9. The van der Waals surface area contributed by atoms with Crippen LogP contribution in [0.2, 0.25) is 0 Å². The molecule has 42 heavy (non-hydrogen) atoms. The summed E-state index contributed by atoms with van der Waals surface area (Å²) in [5.74, 6) is -0.235. The summed E-state index contributed by atoms with van der Waals surface area (Å²) in [4.78, 5) is 39.5. The number of aromatic amines is 1. The second kappa shape index (κ2) is 20.5. The molecular weight excluding hydrogens is 544 g/mol. The molecule has 1 aliphatic rings. The summed E-state index contributed by atoms with van der Waals surface area (Å²) in [7, 11) is 3.15. The number of carbonyl (C=O) groups is 3. The Hall–Kier alpha value is -3.31. The number of amides is 1. The van der Waals surface area contributed by atoms with E-state index in [1.807, 2.05) is 19.9 Å². The summed E-state index contributed by atoms with van der Waals surface area (Å²) < 4.78 is 31.7. The highest BCUT2D eigenvalue weighted by molar-refractivity contribution is 5.99. The van der Waals surface area contributed by atoms with Crippen molar-refractivity contribution < 1.29 is 42.8 Å². The summed E-state index contributed by atoms with van der Waals surface area (Å²) >= 11 is 0. The maximum absolute atomic E-state index is 12.7. The second-order valence-electron chi connectivity index (χ2n) is 9.81. The molecular formula is C31H48N2O9. The SMILES string of the molecule is CCOC(=O)CCCCCc1cc(C=C2NC(=O)C(OCCOC)=C2OCCOC)[nH]c1CCCCCC(=O)OCC. The number of aromatic nitrogens is 1. The molecule has 1 aromatic rings. The van der Waals surface area contributed by atoms with Crippen molar-refractivity contribution in [1.82, 2.24) is 10.3 Å². The van der Waals surface area contributed by atoms with Crippen LogP contribution in [0.25, 0.3) is 6.08 Å². The first-order valence-corrected chi connectivity index (χ1v) is 15.0. The van der Waals surface area contributed by atoms with Crippen LogP contribution in [0.5, 0.6) is 0 Å². The molecule has 0 atom stereocenters. The van der Waals surface area contributed by atoms with Crippen molar-refractivity contribution in [1.29, 1.82) is 0 Å². The molecule has 0 bridgehead atoms. The molecule has 0 saturated heterocycles. The average Bonchev–Trinajstić information content (AvgIpc) is 3.48. The lowest BCUT2D eigenvalue weighted by molar-refractivity contribution is -0.144. The molecule has 2 N–H and O–H groups in total. The normalized spacial score (nSPS) is 13.9. The van der Waals surface area contributed by atoms with Crippen molar-refractivity contribution in [2.75, 3.05) is 53.9 Å². The van der Waals surface area contributed by atoms with Gasteiger partial charge in [0.05, 0.1) is 32.1 Å². The standard InChI is InChI=1S/C31H48N2O9/c1-5-39-27(34)15-11-7-9-13-23-21-24(32-25(23)14-10-8-12-16-28(35)40-6-2)22-26-29(41-19-17-37-3)30(31(36)33-26)42-20-18-38-4/h21-22,32H,5-20H2,1-4H3,(H,33,36). The van der Waals surface area contributed by atoms with E-state index in [4.69, 9.17) is 28.4 Å². The van der Waals surface area contributed by atoms with Crippen LogP contribution in [0.4, 0.5) is 0 Å². The number of esters is 2. The molecule has 1 amide bonds. The number of hydrogen-bond acceptors (Lipinski definition) is 9. The molecule has 0 saturated carbocycles. The predicted octanol–water partition coefficient (Wildman–Crippen LogP) is 4.36. The number of unbranched alkanes of at least 4 members (excludes halogenated alkanes) is 4. The number of ether oxygens (including phenoxy) is 6. The highest BCUT2D eigenvalue weighted by Crippen LogP contribution is 2.26. The Bertz CT molecular complexity index is 1000. The van der Waals surface area contributed by atoms with Crippen molar-refractivity contribution in [3.63, 3.8) is 0 Å². The lowest BCUT2D eigenvalue weighted by atomic mass is 10.0. The van der Waals surface area contributed by atoms with Gasteiger partial charge in [0.1, 0.15) is 13.2 Å². The quantitative estimate of drug-likeness (QED) is 0.140. The third kappa shape index (κ3) is 12.7. The maximum Gasteiger partial charge on any atom is 0.305 e. The minimum Gasteiger partial charge on any atom is -0.485 e. The second-order valence-corrected chi connectivity index (χ2v) is 9.81. The number of hydrogen-bond donors (Lipinski definition) is 2. The zero-order chi connectivity index (χ0) is 30.6. The van der Waals surface area contributed by atoms with Gasteiger partial charge >= 0.3 is 11.9 Å². The molecule has 0 radical (unpaired) electrons. The monoisotopic (exact) mass is 592 g/mol. The number of aryl methyl sites for hydroxylation is 2. The third-order valence-electron chi connectivity index (χ3n) is 6.53. The third-order valence-corrected chi connectivity index (χ3v) is 6.53. The van der Waals surface area contributed by atoms with Crippen LogP contribution in [-0.2, 0) is 55.6 Å². The largest absolute Gasteiger partial charge is 0.485 e. The average molecular weight is 593 g/mol. The van der Waals surface area contributed by atoms with Gasteiger partial charge in [-0.05, 0) is 70.1 Å². The fraction of sp³-hybridized carbons (Fsp3) is 0.645. The highest BCUT2D eigenvalue weighted by Gasteiger charge is 2.31. The van der Waals surface area contributed by atoms with Gasteiger partial charge < -0.3 is 38.7 Å². The van der Waals surface area contributed by atoms with Crippen molar-refractivity contribution in [3.05, 3.63) is 40.2 Å². The molecule has 11 heteroatoms. The number of rotatable bonds is 23. The van der Waals surface area contributed by atoms with Gasteiger partial charge in [0.15, 0.2) is 5.76 Å². The summed E-state index contributed by atoms with van der Waals surface area (Å²) in [6, 6.07) is 2.09. The fourth-order valence-electron chi connectivity index (χ4n) is 4.51. The van der Waals surface area contributed by atoms with Crippen molar-refractivity contribution in [3.8, 4) is 0 Å². The van der Waals surface area contributed by atoms with Crippen LogP contribution >= 0.6 is 0 Å². The Morgan fingerprint density at radius 2 is 1.33 bits per heavy atom. The maximum atomic E-state index is 12.7. The minimum absolute atomic E-state index is 0.115. The van der Waals surface area contributed by atoms with Crippen molar-refractivity contribution in [2.24, 2.45) is 0 Å². The topological polar surface area (TPSA) is 134 Å². The molecule has 0 aromatic carbocycles. The van der Waals surface area contributed by atoms with Crippen molar-refractivity contribution >= 4 is 23.9 Å². The molecule has 2 rings (SSSR count). The molecule has 236 valence electrons. The molecule has 1 aromatic heterocycles. The van der Waals surface area contributed by atoms with E-state index < -0.39 is 0 Å². The molecule has 0 fully saturated rings. The van der Waals surface area contributed by atoms with E-state index in [9.17, 15) is 14.4 Å². The Labute approximate surface area is 249 Å². The summed E-state index contributed by atoms with van der Waals surface area (Å²) in [6.07, 6.45) is 9.63. The number of nitrogens with one attached hydrogen (secondary N) is 2. The molecule has 0 unspecified atom stereocenters. The van der Waals surface area contributed by atoms with Gasteiger partial charge in [0, 0.05) is 38.4 Å². The van der Waals surface area contributed by atoms with E-state index in [0.717, 1.165) is 62.8 Å². The van der Waals surface area contributed by atoms with Gasteiger partial charge in [0.2, 0.25) is 5.76 Å². The Morgan fingerprint density at radius 1 is 0.762 bits per heavy atom. The van der Waals surface area contributed by atoms with E-state index in [1.54, 1.807) is 14.2 Å². The van der Waals surface area contributed by atoms with E-state index in [1.165, 1.54) is 5.56 Å². The predicted molar refractivity (Wildman–Crippen MR) is 157 cm³/mol.